The smallest absolute Gasteiger partial charge is 0.271 e. The minimum atomic E-state index is -0.232. The monoisotopic (exact) mass is 234 g/mol. The zero-order chi connectivity index (χ0) is 12.8. The third-order valence-corrected chi connectivity index (χ3v) is 2.50. The van der Waals surface area contributed by atoms with Gasteiger partial charge >= 0.3 is 0 Å². The molecular weight excluding hydrogens is 216 g/mol. The van der Waals surface area contributed by atoms with E-state index in [4.69, 9.17) is 4.74 Å². The number of ether oxygens (including phenoxy) is 1. The molecule has 1 rings (SSSR count). The Morgan fingerprint density at radius 2 is 2.12 bits per heavy atom. The number of carbonyl (C=O) groups excluding carboxylic acids is 1. The van der Waals surface area contributed by atoms with Crippen LogP contribution in [0.5, 0.6) is 5.75 Å². The average molecular weight is 234 g/mol. The van der Waals surface area contributed by atoms with Crippen LogP contribution in [0.4, 0.5) is 0 Å². The predicted octanol–water partition coefficient (Wildman–Crippen LogP) is 2.46. The Kier molecular flexibility index (Phi) is 4.69. The summed E-state index contributed by atoms with van der Waals surface area (Å²) in [5.74, 6) is 0.742. The number of methoxy groups -OCH3 is 1. The quantitative estimate of drug-likeness (QED) is 0.642. The summed E-state index contributed by atoms with van der Waals surface area (Å²) in [7, 11) is 1.57. The van der Waals surface area contributed by atoms with Crippen LogP contribution in [0.1, 0.15) is 31.1 Å². The van der Waals surface area contributed by atoms with Crippen molar-refractivity contribution in [1.29, 1.82) is 0 Å². The molecule has 0 saturated carbocycles. The van der Waals surface area contributed by atoms with E-state index in [0.29, 0.717) is 17.2 Å². The van der Waals surface area contributed by atoms with Crippen molar-refractivity contribution in [2.24, 2.45) is 11.0 Å². The Morgan fingerprint density at radius 1 is 1.41 bits per heavy atom. The van der Waals surface area contributed by atoms with Gasteiger partial charge in [-0.1, -0.05) is 19.9 Å². The lowest BCUT2D eigenvalue weighted by molar-refractivity contribution is 0.0954. The van der Waals surface area contributed by atoms with Gasteiger partial charge in [-0.05, 0) is 31.0 Å². The third kappa shape index (κ3) is 3.90. The lowest BCUT2D eigenvalue weighted by Gasteiger charge is -2.06. The number of hydrogen-bond donors (Lipinski definition) is 1. The molecule has 1 aromatic rings. The summed E-state index contributed by atoms with van der Waals surface area (Å²) < 4.78 is 5.05. The summed E-state index contributed by atoms with van der Waals surface area (Å²) in [6, 6.07) is 6.96. The second kappa shape index (κ2) is 6.03. The first-order chi connectivity index (χ1) is 8.04. The minimum Gasteiger partial charge on any atom is -0.497 e. The fraction of sp³-hybridized carbons (Fsp3) is 0.385. The van der Waals surface area contributed by atoms with Crippen LogP contribution in [0.15, 0.2) is 29.4 Å². The van der Waals surface area contributed by atoms with Gasteiger partial charge in [-0.15, -0.1) is 0 Å². The molecular formula is C13H18N2O2. The summed E-state index contributed by atoms with van der Waals surface area (Å²) >= 11 is 0. The summed E-state index contributed by atoms with van der Waals surface area (Å²) in [4.78, 5) is 11.8. The van der Waals surface area contributed by atoms with Crippen molar-refractivity contribution in [1.82, 2.24) is 5.43 Å². The fourth-order valence-electron chi connectivity index (χ4n) is 1.10. The molecule has 0 spiro atoms. The molecule has 0 atom stereocenters. The molecule has 0 heterocycles. The second-order valence-electron chi connectivity index (χ2n) is 4.08. The van der Waals surface area contributed by atoms with E-state index < -0.39 is 0 Å². The van der Waals surface area contributed by atoms with Crippen LogP contribution in [0.3, 0.4) is 0 Å². The van der Waals surface area contributed by atoms with E-state index in [1.807, 2.05) is 20.8 Å². The van der Waals surface area contributed by atoms with Crippen molar-refractivity contribution in [2.45, 2.75) is 20.8 Å². The maximum atomic E-state index is 11.8. The van der Waals surface area contributed by atoms with Crippen LogP contribution >= 0.6 is 0 Å². The summed E-state index contributed by atoms with van der Waals surface area (Å²) in [6.07, 6.45) is 0. The molecule has 0 aliphatic rings. The molecule has 1 amide bonds. The Labute approximate surface area is 102 Å². The molecule has 1 aromatic carbocycles. The van der Waals surface area contributed by atoms with Gasteiger partial charge in [0.05, 0.1) is 7.11 Å². The van der Waals surface area contributed by atoms with Gasteiger partial charge in [0.25, 0.3) is 5.91 Å². The highest BCUT2D eigenvalue weighted by atomic mass is 16.5. The number of nitrogens with zero attached hydrogens (tertiary/aromatic N) is 1. The molecule has 0 aromatic heterocycles. The van der Waals surface area contributed by atoms with Crippen molar-refractivity contribution < 1.29 is 9.53 Å². The van der Waals surface area contributed by atoms with Gasteiger partial charge < -0.3 is 4.74 Å². The summed E-state index contributed by atoms with van der Waals surface area (Å²) in [5, 5.41) is 4.03. The van der Waals surface area contributed by atoms with Crippen LogP contribution in [-0.4, -0.2) is 18.7 Å². The van der Waals surface area contributed by atoms with Crippen LogP contribution < -0.4 is 10.2 Å². The molecule has 1 N–H and O–H groups in total. The fourth-order valence-corrected chi connectivity index (χ4v) is 1.10. The first-order valence-corrected chi connectivity index (χ1v) is 5.53. The Hall–Kier alpha value is -1.84. The van der Waals surface area contributed by atoms with Crippen molar-refractivity contribution in [2.75, 3.05) is 7.11 Å². The van der Waals surface area contributed by atoms with E-state index in [0.717, 1.165) is 5.71 Å². The average Bonchev–Trinajstić information content (AvgIpc) is 2.35. The standard InChI is InChI=1S/C13H18N2O2/c1-9(2)10(3)14-15-13(16)11-6-5-7-12(8-11)17-4/h5-9H,1-4H3,(H,15,16)/b14-10+. The van der Waals surface area contributed by atoms with Gasteiger partial charge in [0.1, 0.15) is 5.75 Å². The topological polar surface area (TPSA) is 50.7 Å². The van der Waals surface area contributed by atoms with E-state index >= 15 is 0 Å². The molecule has 0 aliphatic heterocycles. The molecule has 0 fully saturated rings. The largest absolute Gasteiger partial charge is 0.497 e. The molecule has 0 bridgehead atoms. The van der Waals surface area contributed by atoms with Crippen molar-refractivity contribution in [3.05, 3.63) is 29.8 Å². The zero-order valence-electron chi connectivity index (χ0n) is 10.7. The molecule has 0 aliphatic carbocycles. The summed E-state index contributed by atoms with van der Waals surface area (Å²) in [5.41, 5.74) is 3.95. The lowest BCUT2D eigenvalue weighted by atomic mass is 10.1. The SMILES string of the molecule is COc1cccc(C(=O)N/N=C(\C)C(C)C)c1. The predicted molar refractivity (Wildman–Crippen MR) is 68.4 cm³/mol. The normalized spacial score (nSPS) is 11.5. The molecule has 92 valence electrons. The van der Waals surface area contributed by atoms with E-state index in [2.05, 4.69) is 10.5 Å². The molecule has 4 heteroatoms. The van der Waals surface area contributed by atoms with Crippen molar-refractivity contribution in [3.8, 4) is 5.75 Å². The van der Waals surface area contributed by atoms with E-state index in [1.54, 1.807) is 31.4 Å². The van der Waals surface area contributed by atoms with Crippen LogP contribution in [-0.2, 0) is 0 Å². The van der Waals surface area contributed by atoms with Gasteiger partial charge in [-0.25, -0.2) is 5.43 Å². The van der Waals surface area contributed by atoms with Gasteiger partial charge in [-0.2, -0.15) is 5.10 Å². The number of hydrogen-bond acceptors (Lipinski definition) is 3. The first kappa shape index (κ1) is 13.2. The van der Waals surface area contributed by atoms with Crippen LogP contribution in [0, 0.1) is 5.92 Å². The summed E-state index contributed by atoms with van der Waals surface area (Å²) in [6.45, 7) is 5.93. The van der Waals surface area contributed by atoms with E-state index in [-0.39, 0.29) is 5.91 Å². The van der Waals surface area contributed by atoms with Gasteiger partial charge in [0, 0.05) is 11.3 Å². The second-order valence-corrected chi connectivity index (χ2v) is 4.08. The third-order valence-electron chi connectivity index (χ3n) is 2.50. The lowest BCUT2D eigenvalue weighted by Crippen LogP contribution is -2.20. The van der Waals surface area contributed by atoms with E-state index in [1.165, 1.54) is 0 Å². The minimum absolute atomic E-state index is 0.232. The first-order valence-electron chi connectivity index (χ1n) is 5.53. The maximum Gasteiger partial charge on any atom is 0.271 e. The number of amides is 1. The van der Waals surface area contributed by atoms with Crippen molar-refractivity contribution >= 4 is 11.6 Å². The van der Waals surface area contributed by atoms with Gasteiger partial charge in [0.2, 0.25) is 0 Å². The Morgan fingerprint density at radius 3 is 2.71 bits per heavy atom. The molecule has 0 unspecified atom stereocenters. The Bertz CT molecular complexity index is 425. The number of nitrogens with one attached hydrogen (secondary N) is 1. The highest BCUT2D eigenvalue weighted by molar-refractivity contribution is 5.95. The number of rotatable bonds is 4. The Balaban J connectivity index is 2.73. The molecule has 0 radical (unpaired) electrons. The molecule has 4 nitrogen and oxygen atoms in total. The van der Waals surface area contributed by atoms with Gasteiger partial charge in [0.15, 0.2) is 0 Å². The van der Waals surface area contributed by atoms with E-state index in [9.17, 15) is 4.79 Å². The highest BCUT2D eigenvalue weighted by Crippen LogP contribution is 2.12. The number of carbonyl (C=O) groups is 1. The van der Waals surface area contributed by atoms with Crippen LogP contribution in [0.25, 0.3) is 0 Å². The molecule has 0 saturated heterocycles. The molecule has 17 heavy (non-hydrogen) atoms. The van der Waals surface area contributed by atoms with Crippen molar-refractivity contribution in [3.63, 3.8) is 0 Å². The number of hydrazone groups is 1. The highest BCUT2D eigenvalue weighted by Gasteiger charge is 2.06. The zero-order valence-corrected chi connectivity index (χ0v) is 10.7. The van der Waals surface area contributed by atoms with Crippen LogP contribution in [0.2, 0.25) is 0 Å². The number of benzene rings is 1. The maximum absolute atomic E-state index is 11.8. The van der Waals surface area contributed by atoms with Gasteiger partial charge in [-0.3, -0.25) is 4.79 Å².